The zero-order valence-corrected chi connectivity index (χ0v) is 12.0. The van der Waals surface area contributed by atoms with Gasteiger partial charge in [-0.25, -0.2) is 0 Å². The SMILES string of the molecule is OC[C@@H]1OC(O)[C@@H](O[C@H]2O[C@H](CO)[C@@H](O)[C@H](O)[C@@H]2O)[C@@H](O)[C@@H]1O. The average molecular weight is 342 g/mol. The van der Waals surface area contributed by atoms with Gasteiger partial charge in [-0.1, -0.05) is 0 Å². The van der Waals surface area contributed by atoms with Crippen molar-refractivity contribution in [1.29, 1.82) is 0 Å². The van der Waals surface area contributed by atoms with E-state index in [1.54, 1.807) is 0 Å². The molecular formula is C12H22O11. The number of rotatable bonds is 4. The summed E-state index contributed by atoms with van der Waals surface area (Å²) in [5.74, 6) is 0. The highest BCUT2D eigenvalue weighted by Gasteiger charge is 2.50. The van der Waals surface area contributed by atoms with Crippen molar-refractivity contribution in [3.8, 4) is 0 Å². The Morgan fingerprint density at radius 1 is 0.652 bits per heavy atom. The van der Waals surface area contributed by atoms with Gasteiger partial charge in [-0.3, -0.25) is 0 Å². The van der Waals surface area contributed by atoms with Crippen LogP contribution < -0.4 is 0 Å². The summed E-state index contributed by atoms with van der Waals surface area (Å²) < 4.78 is 15.1. The predicted molar refractivity (Wildman–Crippen MR) is 68.6 cm³/mol. The fraction of sp³-hybridized carbons (Fsp3) is 1.00. The molecule has 0 saturated carbocycles. The van der Waals surface area contributed by atoms with E-state index in [1.165, 1.54) is 0 Å². The summed E-state index contributed by atoms with van der Waals surface area (Å²) in [6, 6.07) is 0. The summed E-state index contributed by atoms with van der Waals surface area (Å²) in [6.45, 7) is -1.33. The molecule has 0 aromatic carbocycles. The van der Waals surface area contributed by atoms with Gasteiger partial charge < -0.3 is 55.1 Å². The molecule has 0 radical (unpaired) electrons. The third-order valence-corrected chi connectivity index (χ3v) is 3.98. The molecule has 2 fully saturated rings. The second-order valence-corrected chi connectivity index (χ2v) is 5.53. The van der Waals surface area contributed by atoms with Crippen LogP contribution in [0.25, 0.3) is 0 Å². The van der Waals surface area contributed by atoms with Gasteiger partial charge in [-0.15, -0.1) is 0 Å². The van der Waals surface area contributed by atoms with E-state index in [9.17, 15) is 30.6 Å². The molecule has 0 aliphatic carbocycles. The largest absolute Gasteiger partial charge is 0.394 e. The highest BCUT2D eigenvalue weighted by Crippen LogP contribution is 2.28. The van der Waals surface area contributed by atoms with Crippen LogP contribution in [-0.4, -0.2) is 115 Å². The molecule has 2 heterocycles. The molecule has 2 aliphatic rings. The van der Waals surface area contributed by atoms with E-state index >= 15 is 0 Å². The summed E-state index contributed by atoms with van der Waals surface area (Å²) in [4.78, 5) is 0. The fourth-order valence-corrected chi connectivity index (χ4v) is 2.55. The van der Waals surface area contributed by atoms with Crippen LogP contribution in [0.3, 0.4) is 0 Å². The zero-order valence-electron chi connectivity index (χ0n) is 12.0. The Bertz CT molecular complexity index is 380. The van der Waals surface area contributed by atoms with E-state index in [2.05, 4.69) is 0 Å². The number of hydrogen-bond donors (Lipinski definition) is 8. The van der Waals surface area contributed by atoms with Crippen LogP contribution in [0.5, 0.6) is 0 Å². The quantitative estimate of drug-likeness (QED) is 0.243. The monoisotopic (exact) mass is 342 g/mol. The van der Waals surface area contributed by atoms with Gasteiger partial charge in [0.2, 0.25) is 0 Å². The van der Waals surface area contributed by atoms with Crippen molar-refractivity contribution in [3.63, 3.8) is 0 Å². The van der Waals surface area contributed by atoms with Crippen LogP contribution in [0.15, 0.2) is 0 Å². The summed E-state index contributed by atoms with van der Waals surface area (Å²) in [5, 5.41) is 76.7. The first-order valence-electron chi connectivity index (χ1n) is 7.08. The molecule has 0 aromatic rings. The fourth-order valence-electron chi connectivity index (χ4n) is 2.55. The van der Waals surface area contributed by atoms with Crippen molar-refractivity contribution in [2.45, 2.75) is 61.4 Å². The second kappa shape index (κ2) is 7.63. The van der Waals surface area contributed by atoms with Crippen LogP contribution in [0, 0.1) is 0 Å². The maximum absolute atomic E-state index is 9.94. The van der Waals surface area contributed by atoms with E-state index in [0.29, 0.717) is 0 Å². The van der Waals surface area contributed by atoms with Gasteiger partial charge in [0.25, 0.3) is 0 Å². The molecule has 11 nitrogen and oxygen atoms in total. The van der Waals surface area contributed by atoms with Crippen LogP contribution in [0.1, 0.15) is 0 Å². The van der Waals surface area contributed by atoms with E-state index < -0.39 is 74.6 Å². The maximum atomic E-state index is 9.94. The Morgan fingerprint density at radius 3 is 1.74 bits per heavy atom. The molecule has 0 bridgehead atoms. The summed E-state index contributed by atoms with van der Waals surface area (Å²) in [6.07, 6.45) is -15.6. The lowest BCUT2D eigenvalue weighted by Crippen LogP contribution is -2.64. The molecule has 2 rings (SSSR count). The average Bonchev–Trinajstić information content (AvgIpc) is 2.54. The van der Waals surface area contributed by atoms with Crippen LogP contribution >= 0.6 is 0 Å². The van der Waals surface area contributed by atoms with Gasteiger partial charge in [0.15, 0.2) is 12.6 Å². The number of hydrogen-bond acceptors (Lipinski definition) is 11. The highest BCUT2D eigenvalue weighted by atomic mass is 16.7. The molecule has 0 aromatic heterocycles. The highest BCUT2D eigenvalue weighted by molar-refractivity contribution is 4.93. The molecule has 136 valence electrons. The number of aliphatic hydroxyl groups is 8. The number of aliphatic hydroxyl groups excluding tert-OH is 8. The van der Waals surface area contributed by atoms with Crippen molar-refractivity contribution in [2.75, 3.05) is 13.2 Å². The van der Waals surface area contributed by atoms with Gasteiger partial charge in [0.05, 0.1) is 13.2 Å². The first-order valence-corrected chi connectivity index (χ1v) is 7.08. The van der Waals surface area contributed by atoms with Gasteiger partial charge in [0.1, 0.15) is 48.8 Å². The number of ether oxygens (including phenoxy) is 3. The molecule has 2 aliphatic heterocycles. The molecule has 0 spiro atoms. The zero-order chi connectivity index (χ0) is 17.3. The minimum Gasteiger partial charge on any atom is -0.394 e. The van der Waals surface area contributed by atoms with E-state index in [4.69, 9.17) is 24.4 Å². The van der Waals surface area contributed by atoms with Gasteiger partial charge in [0, 0.05) is 0 Å². The lowest BCUT2D eigenvalue weighted by atomic mass is 9.97. The van der Waals surface area contributed by atoms with Gasteiger partial charge in [-0.2, -0.15) is 0 Å². The summed E-state index contributed by atoms with van der Waals surface area (Å²) >= 11 is 0. The molecule has 2 saturated heterocycles. The third-order valence-electron chi connectivity index (χ3n) is 3.98. The summed E-state index contributed by atoms with van der Waals surface area (Å²) in [7, 11) is 0. The van der Waals surface area contributed by atoms with E-state index in [1.807, 2.05) is 0 Å². The second-order valence-electron chi connectivity index (χ2n) is 5.53. The standard InChI is InChI=1S/C12H22O11/c13-1-3-6(16)8(18)10(11(20)21-3)23-12-9(19)7(17)5(15)4(2-14)22-12/h3-20H,1-2H2/t3-,4+,5+,6+,7-,8-,9-,10-,11?,12+/m0/s1. The van der Waals surface area contributed by atoms with E-state index in [0.717, 1.165) is 0 Å². The van der Waals surface area contributed by atoms with Gasteiger partial charge in [-0.05, 0) is 0 Å². The van der Waals surface area contributed by atoms with Crippen molar-refractivity contribution in [1.82, 2.24) is 0 Å². The van der Waals surface area contributed by atoms with Crippen LogP contribution in [-0.2, 0) is 14.2 Å². The Kier molecular flexibility index (Phi) is 6.27. The van der Waals surface area contributed by atoms with Crippen molar-refractivity contribution < 1.29 is 55.1 Å². The molecule has 8 N–H and O–H groups in total. The van der Waals surface area contributed by atoms with Crippen molar-refractivity contribution in [2.24, 2.45) is 0 Å². The Hall–Kier alpha value is -0.440. The lowest BCUT2D eigenvalue weighted by Gasteiger charge is -2.44. The molecule has 1 unspecified atom stereocenters. The van der Waals surface area contributed by atoms with Crippen molar-refractivity contribution >= 4 is 0 Å². The van der Waals surface area contributed by atoms with Gasteiger partial charge >= 0.3 is 0 Å². The minimum absolute atomic E-state index is 0.651. The van der Waals surface area contributed by atoms with Crippen LogP contribution in [0.4, 0.5) is 0 Å². The van der Waals surface area contributed by atoms with Crippen molar-refractivity contribution in [3.05, 3.63) is 0 Å². The van der Waals surface area contributed by atoms with Crippen LogP contribution in [0.2, 0.25) is 0 Å². The normalized spacial score (nSPS) is 51.7. The predicted octanol–water partition coefficient (Wildman–Crippen LogP) is -5.40. The third kappa shape index (κ3) is 3.65. The van der Waals surface area contributed by atoms with E-state index in [-0.39, 0.29) is 0 Å². The topological polar surface area (TPSA) is 190 Å². The molecule has 0 amide bonds. The first-order chi connectivity index (χ1) is 10.8. The Morgan fingerprint density at radius 2 is 1.17 bits per heavy atom. The lowest BCUT2D eigenvalue weighted by molar-refractivity contribution is -0.361. The first kappa shape index (κ1) is 18.9. The molecular weight excluding hydrogens is 320 g/mol. The molecule has 11 heteroatoms. The summed E-state index contributed by atoms with van der Waals surface area (Å²) in [5.41, 5.74) is 0. The minimum atomic E-state index is -1.75. The Labute approximate surface area is 130 Å². The Balaban J connectivity index is 2.08. The smallest absolute Gasteiger partial charge is 0.187 e. The molecule has 10 atom stereocenters. The molecule has 23 heavy (non-hydrogen) atoms. The maximum Gasteiger partial charge on any atom is 0.187 e.